The number of benzene rings is 2. The van der Waals surface area contributed by atoms with Crippen LogP contribution in [0.3, 0.4) is 0 Å². The van der Waals surface area contributed by atoms with Crippen LogP contribution in [0.5, 0.6) is 0 Å². The molecule has 23 heavy (non-hydrogen) atoms. The zero-order valence-corrected chi connectivity index (χ0v) is 14.3. The van der Waals surface area contributed by atoms with Crippen molar-refractivity contribution in [3.8, 4) is 0 Å². The van der Waals surface area contributed by atoms with E-state index in [4.69, 9.17) is 12.2 Å². The van der Waals surface area contributed by atoms with Gasteiger partial charge in [0.1, 0.15) is 0 Å². The van der Waals surface area contributed by atoms with Crippen LogP contribution >= 0.6 is 12.2 Å². The minimum atomic E-state index is 0.526. The first-order valence-electron chi connectivity index (χ1n) is 8.50. The maximum absolute atomic E-state index is 5.75. The van der Waals surface area contributed by atoms with Crippen molar-refractivity contribution in [1.82, 2.24) is 5.32 Å². The molecule has 2 aromatic rings. The topological polar surface area (TPSA) is 15.3 Å². The minimum Gasteiger partial charge on any atom is -0.360 e. The third kappa shape index (κ3) is 4.55. The number of rotatable bonds is 4. The van der Waals surface area contributed by atoms with Crippen molar-refractivity contribution in [1.29, 1.82) is 0 Å². The first kappa shape index (κ1) is 16.0. The van der Waals surface area contributed by atoms with E-state index in [1.54, 1.807) is 0 Å². The van der Waals surface area contributed by atoms with E-state index in [2.05, 4.69) is 64.8 Å². The van der Waals surface area contributed by atoms with Crippen LogP contribution in [0.2, 0.25) is 0 Å². The molecule has 120 valence electrons. The molecule has 0 amide bonds. The third-order valence-corrected chi connectivity index (χ3v) is 4.77. The number of anilines is 1. The smallest absolute Gasteiger partial charge is 0.173 e. The molecule has 3 rings (SSSR count). The molecular weight excluding hydrogens is 300 g/mol. The zero-order chi connectivity index (χ0) is 15.9. The van der Waals surface area contributed by atoms with E-state index < -0.39 is 0 Å². The lowest BCUT2D eigenvalue weighted by Crippen LogP contribution is -2.45. The number of nitrogens with zero attached hydrogens (tertiary/aromatic N) is 1. The molecule has 0 saturated heterocycles. The van der Waals surface area contributed by atoms with Gasteiger partial charge in [-0.25, -0.2) is 0 Å². The molecule has 0 heterocycles. The van der Waals surface area contributed by atoms with Gasteiger partial charge >= 0.3 is 0 Å². The molecule has 0 unspecified atom stereocenters. The van der Waals surface area contributed by atoms with E-state index >= 15 is 0 Å². The Labute approximate surface area is 144 Å². The quantitative estimate of drug-likeness (QED) is 0.805. The highest BCUT2D eigenvalue weighted by Gasteiger charge is 2.18. The summed E-state index contributed by atoms with van der Waals surface area (Å²) in [6.07, 6.45) is 6.44. The summed E-state index contributed by atoms with van der Waals surface area (Å²) in [6.45, 7) is 0.795. The minimum absolute atomic E-state index is 0.526. The highest BCUT2D eigenvalue weighted by atomic mass is 32.1. The highest BCUT2D eigenvalue weighted by molar-refractivity contribution is 7.80. The van der Waals surface area contributed by atoms with Gasteiger partial charge in [0.25, 0.3) is 0 Å². The molecule has 2 aromatic carbocycles. The van der Waals surface area contributed by atoms with Gasteiger partial charge in [-0.15, -0.1) is 0 Å². The molecule has 0 aromatic heterocycles. The van der Waals surface area contributed by atoms with Gasteiger partial charge in [-0.3, -0.25) is 0 Å². The molecule has 0 radical (unpaired) electrons. The highest BCUT2D eigenvalue weighted by Crippen LogP contribution is 2.20. The molecule has 0 spiro atoms. The second-order valence-electron chi connectivity index (χ2n) is 6.19. The van der Waals surface area contributed by atoms with Crippen molar-refractivity contribution in [3.63, 3.8) is 0 Å². The van der Waals surface area contributed by atoms with E-state index in [0.29, 0.717) is 6.04 Å². The van der Waals surface area contributed by atoms with E-state index in [-0.39, 0.29) is 0 Å². The van der Waals surface area contributed by atoms with Gasteiger partial charge in [-0.05, 0) is 42.8 Å². The summed E-state index contributed by atoms with van der Waals surface area (Å²) in [5.41, 5.74) is 2.41. The molecule has 1 N–H and O–H groups in total. The van der Waals surface area contributed by atoms with Gasteiger partial charge in [-0.1, -0.05) is 67.8 Å². The van der Waals surface area contributed by atoms with Crippen LogP contribution < -0.4 is 10.2 Å². The largest absolute Gasteiger partial charge is 0.360 e. The lowest BCUT2D eigenvalue weighted by atomic mass is 9.96. The Balaban J connectivity index is 1.75. The average molecular weight is 324 g/mol. The monoisotopic (exact) mass is 324 g/mol. The molecule has 0 bridgehead atoms. The Morgan fingerprint density at radius 3 is 2.17 bits per heavy atom. The zero-order valence-electron chi connectivity index (χ0n) is 13.4. The fraction of sp³-hybridized carbons (Fsp3) is 0.350. The van der Waals surface area contributed by atoms with Gasteiger partial charge in [0.15, 0.2) is 5.11 Å². The Kier molecular flexibility index (Phi) is 5.65. The summed E-state index contributed by atoms with van der Waals surface area (Å²) < 4.78 is 0. The Bertz CT molecular complexity index is 606. The van der Waals surface area contributed by atoms with Crippen molar-refractivity contribution < 1.29 is 0 Å². The van der Waals surface area contributed by atoms with Crippen LogP contribution in [0.15, 0.2) is 60.7 Å². The molecule has 1 saturated carbocycles. The van der Waals surface area contributed by atoms with E-state index in [0.717, 1.165) is 17.3 Å². The van der Waals surface area contributed by atoms with Crippen molar-refractivity contribution >= 4 is 23.0 Å². The number of para-hydroxylation sites is 1. The molecule has 1 aliphatic carbocycles. The van der Waals surface area contributed by atoms with Crippen LogP contribution in [0.4, 0.5) is 5.69 Å². The van der Waals surface area contributed by atoms with Crippen molar-refractivity contribution in [2.45, 2.75) is 44.7 Å². The third-order valence-electron chi connectivity index (χ3n) is 4.43. The first-order chi connectivity index (χ1) is 11.3. The van der Waals surface area contributed by atoms with Crippen LogP contribution in [0, 0.1) is 0 Å². The summed E-state index contributed by atoms with van der Waals surface area (Å²) in [5.74, 6) is 0. The SMILES string of the molecule is S=C(NC1CCCCC1)N(Cc1ccccc1)c1ccccc1. The van der Waals surface area contributed by atoms with E-state index in [9.17, 15) is 0 Å². The fourth-order valence-corrected chi connectivity index (χ4v) is 3.49. The van der Waals surface area contributed by atoms with E-state index in [1.807, 2.05) is 6.07 Å². The van der Waals surface area contributed by atoms with Crippen molar-refractivity contribution in [2.75, 3.05) is 4.90 Å². The predicted molar refractivity (Wildman–Crippen MR) is 102 cm³/mol. The van der Waals surface area contributed by atoms with Crippen LogP contribution in [-0.4, -0.2) is 11.2 Å². The van der Waals surface area contributed by atoms with Crippen molar-refractivity contribution in [3.05, 3.63) is 66.2 Å². The van der Waals surface area contributed by atoms with Gasteiger partial charge in [0, 0.05) is 11.7 Å². The lowest BCUT2D eigenvalue weighted by molar-refractivity contribution is 0.413. The summed E-state index contributed by atoms with van der Waals surface area (Å²) in [5, 5.41) is 4.43. The van der Waals surface area contributed by atoms with Crippen LogP contribution in [0.1, 0.15) is 37.7 Å². The van der Waals surface area contributed by atoms with Crippen LogP contribution in [0.25, 0.3) is 0 Å². The maximum Gasteiger partial charge on any atom is 0.173 e. The van der Waals surface area contributed by atoms with Gasteiger partial charge in [0.05, 0.1) is 6.54 Å². The summed E-state index contributed by atoms with van der Waals surface area (Å²) in [4.78, 5) is 2.21. The molecule has 1 fully saturated rings. The summed E-state index contributed by atoms with van der Waals surface area (Å²) in [7, 11) is 0. The van der Waals surface area contributed by atoms with Gasteiger partial charge in [-0.2, -0.15) is 0 Å². The van der Waals surface area contributed by atoms with Crippen molar-refractivity contribution in [2.24, 2.45) is 0 Å². The average Bonchev–Trinajstić information content (AvgIpc) is 2.62. The summed E-state index contributed by atoms with van der Waals surface area (Å²) in [6, 6.07) is 21.5. The predicted octanol–water partition coefficient (Wildman–Crippen LogP) is 4.90. The summed E-state index contributed by atoms with van der Waals surface area (Å²) >= 11 is 5.75. The lowest BCUT2D eigenvalue weighted by Gasteiger charge is -2.31. The molecule has 2 nitrogen and oxygen atoms in total. The molecule has 0 atom stereocenters. The van der Waals surface area contributed by atoms with Crippen LogP contribution in [-0.2, 0) is 6.54 Å². The van der Waals surface area contributed by atoms with E-state index in [1.165, 1.54) is 37.7 Å². The number of nitrogens with one attached hydrogen (secondary N) is 1. The molecule has 3 heteroatoms. The second-order valence-corrected chi connectivity index (χ2v) is 6.58. The first-order valence-corrected chi connectivity index (χ1v) is 8.91. The van der Waals surface area contributed by atoms with Gasteiger partial charge in [0.2, 0.25) is 0 Å². The molecular formula is C20H24N2S. The Hall–Kier alpha value is -1.87. The Morgan fingerprint density at radius 1 is 0.913 bits per heavy atom. The fourth-order valence-electron chi connectivity index (χ4n) is 3.15. The number of hydrogen-bond donors (Lipinski definition) is 1. The molecule has 1 aliphatic rings. The Morgan fingerprint density at radius 2 is 1.52 bits per heavy atom. The standard InChI is InChI=1S/C20H24N2S/c23-20(21-18-12-6-2-7-13-18)22(19-14-8-3-9-15-19)16-17-10-4-1-5-11-17/h1,3-5,8-11,14-15,18H,2,6-7,12-13,16H2,(H,21,23). The normalized spacial score (nSPS) is 15.1. The number of hydrogen-bond acceptors (Lipinski definition) is 1. The number of thiocarbonyl (C=S) groups is 1. The van der Waals surface area contributed by atoms with Gasteiger partial charge < -0.3 is 10.2 Å². The molecule has 0 aliphatic heterocycles. The maximum atomic E-state index is 5.75. The second kappa shape index (κ2) is 8.11.